The number of ether oxygens (including phenoxy) is 1. The first-order valence-corrected chi connectivity index (χ1v) is 8.54. The fourth-order valence-electron chi connectivity index (χ4n) is 2.50. The van der Waals surface area contributed by atoms with Gasteiger partial charge in [0.05, 0.1) is 0 Å². The van der Waals surface area contributed by atoms with E-state index in [9.17, 15) is 4.79 Å². The molecule has 0 aliphatic carbocycles. The van der Waals surface area contributed by atoms with Crippen LogP contribution in [0.25, 0.3) is 0 Å². The van der Waals surface area contributed by atoms with Crippen LogP contribution in [0.1, 0.15) is 19.4 Å². The highest BCUT2D eigenvalue weighted by Crippen LogP contribution is 2.34. The average molecular weight is 293 g/mol. The number of nitrogens with zero attached hydrogens (tertiary/aromatic N) is 2. The lowest BCUT2D eigenvalue weighted by atomic mass is 9.90. The second-order valence-electron chi connectivity index (χ2n) is 5.85. The maximum Gasteiger partial charge on any atom is 0.257 e. The Bertz CT molecular complexity index is 590. The third-order valence-electron chi connectivity index (χ3n) is 3.35. The first kappa shape index (κ1) is 15.1. The normalized spacial score (nSPS) is 21.4. The summed E-state index contributed by atoms with van der Waals surface area (Å²) in [6.45, 7) is 4.69. The SMILES string of the molecule is COC1C(=O)N(c2ccc(C#[S-](C)C)cn2)CC1(C)C. The molecule has 110 valence electrons. The summed E-state index contributed by atoms with van der Waals surface area (Å²) < 4.78 is 5.34. The Labute approximate surface area is 122 Å². The molecule has 4 nitrogen and oxygen atoms in total. The van der Waals surface area contributed by atoms with Crippen molar-refractivity contribution in [3.63, 3.8) is 0 Å². The maximum atomic E-state index is 12.4. The summed E-state index contributed by atoms with van der Waals surface area (Å²) in [5.74, 6) is 0.664. The van der Waals surface area contributed by atoms with Crippen LogP contribution in [0.5, 0.6) is 0 Å². The maximum absolute atomic E-state index is 12.4. The molecule has 1 saturated heterocycles. The van der Waals surface area contributed by atoms with E-state index in [4.69, 9.17) is 4.74 Å². The molecule has 1 atom stereocenters. The molecular formula is C15H21N2O2S-. The highest BCUT2D eigenvalue weighted by Gasteiger charge is 2.47. The van der Waals surface area contributed by atoms with E-state index < -0.39 is 6.10 Å². The van der Waals surface area contributed by atoms with Gasteiger partial charge in [-0.3, -0.25) is 14.9 Å². The summed E-state index contributed by atoms with van der Waals surface area (Å²) in [5, 5.41) is 3.31. The second-order valence-corrected chi connectivity index (χ2v) is 7.69. The molecule has 1 fully saturated rings. The van der Waals surface area contributed by atoms with E-state index in [0.717, 1.165) is 5.56 Å². The van der Waals surface area contributed by atoms with Crippen LogP contribution in [-0.4, -0.2) is 43.2 Å². The molecule has 1 unspecified atom stereocenters. The van der Waals surface area contributed by atoms with Gasteiger partial charge < -0.3 is 15.0 Å². The molecule has 1 aliphatic rings. The van der Waals surface area contributed by atoms with Crippen LogP contribution in [0.3, 0.4) is 0 Å². The van der Waals surface area contributed by atoms with Crippen molar-refractivity contribution in [1.29, 1.82) is 0 Å². The minimum absolute atomic E-state index is 0.0172. The summed E-state index contributed by atoms with van der Waals surface area (Å²) in [7, 11) is 1.69. The lowest BCUT2D eigenvalue weighted by molar-refractivity contribution is -0.128. The smallest absolute Gasteiger partial charge is 0.257 e. The van der Waals surface area contributed by atoms with Crippen molar-refractivity contribution < 1.29 is 9.53 Å². The molecule has 2 heterocycles. The van der Waals surface area contributed by atoms with Crippen LogP contribution < -0.4 is 4.90 Å². The molecule has 1 aromatic heterocycles. The predicted molar refractivity (Wildman–Crippen MR) is 83.4 cm³/mol. The molecule has 1 amide bonds. The van der Waals surface area contributed by atoms with Gasteiger partial charge in [-0.1, -0.05) is 13.8 Å². The van der Waals surface area contributed by atoms with Gasteiger partial charge in [-0.2, -0.15) is 0 Å². The number of hydrogen-bond acceptors (Lipinski definition) is 4. The quantitative estimate of drug-likeness (QED) is 0.779. The Morgan fingerprint density at radius 1 is 1.45 bits per heavy atom. The van der Waals surface area contributed by atoms with Crippen molar-refractivity contribution in [3.8, 4) is 5.18 Å². The number of carbonyl (C=O) groups excluding carboxylic acids is 1. The molecule has 2 rings (SSSR count). The highest BCUT2D eigenvalue weighted by atomic mass is 32.2. The molecule has 1 aromatic rings. The van der Waals surface area contributed by atoms with E-state index in [-0.39, 0.29) is 21.6 Å². The first-order valence-electron chi connectivity index (χ1n) is 6.49. The van der Waals surface area contributed by atoms with Gasteiger partial charge in [0.15, 0.2) is 0 Å². The van der Waals surface area contributed by atoms with Gasteiger partial charge in [-0.05, 0) is 12.1 Å². The van der Waals surface area contributed by atoms with Gasteiger partial charge in [-0.25, -0.2) is 4.98 Å². The number of carbonyl (C=O) groups is 1. The Kier molecular flexibility index (Phi) is 4.23. The van der Waals surface area contributed by atoms with E-state index in [2.05, 4.69) is 22.7 Å². The minimum atomic E-state index is -0.403. The zero-order valence-corrected chi connectivity index (χ0v) is 13.5. The van der Waals surface area contributed by atoms with Gasteiger partial charge in [0, 0.05) is 30.8 Å². The van der Waals surface area contributed by atoms with Crippen molar-refractivity contribution in [2.24, 2.45) is 5.41 Å². The van der Waals surface area contributed by atoms with Crippen LogP contribution in [-0.2, 0) is 19.8 Å². The first-order chi connectivity index (χ1) is 9.35. The summed E-state index contributed by atoms with van der Waals surface area (Å²) in [6, 6.07) is 3.83. The van der Waals surface area contributed by atoms with Crippen molar-refractivity contribution in [3.05, 3.63) is 23.9 Å². The third-order valence-corrected chi connectivity index (χ3v) is 3.99. The van der Waals surface area contributed by atoms with E-state index in [0.29, 0.717) is 12.4 Å². The molecule has 0 N–H and O–H groups in total. The number of aromatic nitrogens is 1. The van der Waals surface area contributed by atoms with Crippen molar-refractivity contribution in [2.75, 3.05) is 31.1 Å². The number of rotatable bonds is 2. The lowest BCUT2D eigenvalue weighted by Crippen LogP contribution is -2.33. The fraction of sp³-hybridized carbons (Fsp3) is 0.533. The molecule has 0 saturated carbocycles. The van der Waals surface area contributed by atoms with Gasteiger partial charge in [0.1, 0.15) is 11.9 Å². The van der Waals surface area contributed by atoms with Gasteiger partial charge in [-0.15, -0.1) is 12.5 Å². The van der Waals surface area contributed by atoms with Crippen LogP contribution in [0.2, 0.25) is 0 Å². The largest absolute Gasteiger partial charge is 0.455 e. The lowest BCUT2D eigenvalue weighted by Gasteiger charge is -2.21. The van der Waals surface area contributed by atoms with E-state index in [1.165, 1.54) is 0 Å². The Morgan fingerprint density at radius 3 is 2.60 bits per heavy atom. The standard InChI is InChI=1S/C15H21N2O2S/c1-15(2)10-17(14(18)13(15)19-3)12-7-6-11(8-16-12)9-20(4)5/h6-8,13H,10H2,1-5H3/q-1. The van der Waals surface area contributed by atoms with Crippen LogP contribution in [0.4, 0.5) is 5.82 Å². The predicted octanol–water partition coefficient (Wildman–Crippen LogP) is 1.65. The average Bonchev–Trinajstić information content (AvgIpc) is 2.59. The van der Waals surface area contributed by atoms with Crippen LogP contribution in [0.15, 0.2) is 18.3 Å². The Morgan fingerprint density at radius 2 is 2.15 bits per heavy atom. The number of anilines is 1. The van der Waals surface area contributed by atoms with Crippen LogP contribution >= 0.6 is 0 Å². The fourth-order valence-corrected chi connectivity index (χ4v) is 3.09. The monoisotopic (exact) mass is 293 g/mol. The van der Waals surface area contributed by atoms with E-state index in [1.54, 1.807) is 18.2 Å². The minimum Gasteiger partial charge on any atom is -0.455 e. The van der Waals surface area contributed by atoms with E-state index in [1.807, 2.05) is 26.0 Å². The molecule has 0 aromatic carbocycles. The topological polar surface area (TPSA) is 42.4 Å². The second kappa shape index (κ2) is 5.60. The molecule has 0 spiro atoms. The number of hydrogen-bond donors (Lipinski definition) is 0. The summed E-state index contributed by atoms with van der Waals surface area (Å²) in [5.41, 5.74) is 0.764. The summed E-state index contributed by atoms with van der Waals surface area (Å²) >= 11 is 0. The van der Waals surface area contributed by atoms with Crippen molar-refractivity contribution in [1.82, 2.24) is 4.98 Å². The van der Waals surface area contributed by atoms with Crippen LogP contribution in [0, 0.1) is 10.6 Å². The van der Waals surface area contributed by atoms with E-state index >= 15 is 0 Å². The molecule has 1 aliphatic heterocycles. The third kappa shape index (κ3) is 2.90. The Balaban J connectivity index is 2.27. The highest BCUT2D eigenvalue weighted by molar-refractivity contribution is 7.85. The number of amides is 1. The summed E-state index contributed by atoms with van der Waals surface area (Å²) in [6.07, 6.45) is 5.56. The molecule has 0 bridgehead atoms. The summed E-state index contributed by atoms with van der Waals surface area (Å²) in [4.78, 5) is 18.5. The van der Waals surface area contributed by atoms with Crippen molar-refractivity contribution in [2.45, 2.75) is 20.0 Å². The zero-order valence-electron chi connectivity index (χ0n) is 12.6. The van der Waals surface area contributed by atoms with Gasteiger partial charge in [0.2, 0.25) is 0 Å². The number of methoxy groups -OCH3 is 1. The van der Waals surface area contributed by atoms with Crippen molar-refractivity contribution >= 4 is 22.0 Å². The molecule has 0 radical (unpaired) electrons. The van der Waals surface area contributed by atoms with Gasteiger partial charge in [0.25, 0.3) is 5.91 Å². The molecule has 20 heavy (non-hydrogen) atoms. The molecule has 5 heteroatoms. The molecular weight excluding hydrogens is 272 g/mol. The Hall–Kier alpha value is -1.29. The van der Waals surface area contributed by atoms with Gasteiger partial charge >= 0.3 is 0 Å². The number of pyridine rings is 1. The zero-order chi connectivity index (χ0) is 14.9.